The third-order valence-electron chi connectivity index (χ3n) is 4.82. The van der Waals surface area contributed by atoms with Crippen molar-refractivity contribution in [3.8, 4) is 11.5 Å². The van der Waals surface area contributed by atoms with Crippen molar-refractivity contribution in [2.75, 3.05) is 13.1 Å². The number of nitrogens with zero attached hydrogens (tertiary/aromatic N) is 3. The maximum atomic E-state index is 6.07. The third kappa shape index (κ3) is 4.71. The predicted octanol–water partition coefficient (Wildman–Crippen LogP) is 4.51. The van der Waals surface area contributed by atoms with Crippen molar-refractivity contribution in [2.24, 2.45) is 0 Å². The fraction of sp³-hybridized carbons (Fsp3) is 0.333. The standard InChI is InChI=1S/C21H23N3O2S/c27-21-24(22-20(26-21)18-9-5-2-6-10-18)16-23-13-11-19(12-14-23)25-15-17-7-3-1-4-8-17/h1-10,19H,11-16H2. The van der Waals surface area contributed by atoms with Crippen LogP contribution in [0.2, 0.25) is 0 Å². The van der Waals surface area contributed by atoms with Crippen molar-refractivity contribution >= 4 is 12.2 Å². The molecule has 6 heteroatoms. The predicted molar refractivity (Wildman–Crippen MR) is 107 cm³/mol. The van der Waals surface area contributed by atoms with Gasteiger partial charge in [0.15, 0.2) is 0 Å². The Bertz CT molecular complexity index is 900. The van der Waals surface area contributed by atoms with Crippen LogP contribution in [0.4, 0.5) is 0 Å². The lowest BCUT2D eigenvalue weighted by Gasteiger charge is -2.31. The van der Waals surface area contributed by atoms with E-state index in [4.69, 9.17) is 21.4 Å². The van der Waals surface area contributed by atoms with E-state index in [1.54, 1.807) is 4.68 Å². The zero-order valence-corrected chi connectivity index (χ0v) is 16.0. The summed E-state index contributed by atoms with van der Waals surface area (Å²) in [4.78, 5) is 2.76. The van der Waals surface area contributed by atoms with Crippen LogP contribution in [0, 0.1) is 4.84 Å². The third-order valence-corrected chi connectivity index (χ3v) is 5.12. The first-order valence-electron chi connectivity index (χ1n) is 9.29. The van der Waals surface area contributed by atoms with Gasteiger partial charge >= 0.3 is 0 Å². The van der Waals surface area contributed by atoms with E-state index in [9.17, 15) is 0 Å². The number of rotatable bonds is 6. The number of hydrogen-bond donors (Lipinski definition) is 0. The summed E-state index contributed by atoms with van der Waals surface area (Å²) in [5.41, 5.74) is 2.16. The van der Waals surface area contributed by atoms with Crippen LogP contribution in [0.1, 0.15) is 18.4 Å². The summed E-state index contributed by atoms with van der Waals surface area (Å²) in [6.07, 6.45) is 2.35. The van der Waals surface area contributed by atoms with E-state index in [1.807, 2.05) is 48.5 Å². The molecule has 1 saturated heterocycles. The summed E-state index contributed by atoms with van der Waals surface area (Å²) in [5, 5.41) is 4.54. The number of piperidine rings is 1. The maximum Gasteiger partial charge on any atom is 0.288 e. The van der Waals surface area contributed by atoms with E-state index in [1.165, 1.54) is 5.56 Å². The second kappa shape index (κ2) is 8.61. The molecule has 1 aliphatic rings. The molecular formula is C21H23N3O2S. The summed E-state index contributed by atoms with van der Waals surface area (Å²) in [6.45, 7) is 3.27. The molecule has 2 heterocycles. The summed E-state index contributed by atoms with van der Waals surface area (Å²) < 4.78 is 13.5. The van der Waals surface area contributed by atoms with Crippen molar-refractivity contribution in [1.82, 2.24) is 14.7 Å². The minimum absolute atomic E-state index is 0.312. The molecule has 0 bridgehead atoms. The second-order valence-corrected chi connectivity index (χ2v) is 7.14. The molecule has 0 saturated carbocycles. The SMILES string of the molecule is S=c1oc(-c2ccccc2)nn1CN1CCC(OCc2ccccc2)CC1. The molecular weight excluding hydrogens is 358 g/mol. The second-order valence-electron chi connectivity index (χ2n) is 6.79. The highest BCUT2D eigenvalue weighted by molar-refractivity contribution is 7.71. The Kier molecular flexibility index (Phi) is 5.77. The Hall–Kier alpha value is -2.28. The van der Waals surface area contributed by atoms with Crippen LogP contribution in [0.25, 0.3) is 11.5 Å². The Morgan fingerprint density at radius 2 is 1.67 bits per heavy atom. The van der Waals surface area contributed by atoms with Gasteiger partial charge < -0.3 is 9.15 Å². The van der Waals surface area contributed by atoms with Gasteiger partial charge in [0.2, 0.25) is 5.89 Å². The lowest BCUT2D eigenvalue weighted by molar-refractivity contribution is -0.00929. The van der Waals surface area contributed by atoms with Crippen molar-refractivity contribution < 1.29 is 9.15 Å². The quantitative estimate of drug-likeness (QED) is 0.588. The molecule has 4 rings (SSSR count). The largest absolute Gasteiger partial charge is 0.409 e. The van der Waals surface area contributed by atoms with Gasteiger partial charge in [0.25, 0.3) is 4.84 Å². The lowest BCUT2D eigenvalue weighted by atomic mass is 10.1. The average molecular weight is 382 g/mol. The molecule has 27 heavy (non-hydrogen) atoms. The minimum atomic E-state index is 0.312. The summed E-state index contributed by atoms with van der Waals surface area (Å²) in [6, 6.07) is 20.2. The van der Waals surface area contributed by atoms with Crippen LogP contribution in [-0.2, 0) is 18.0 Å². The smallest absolute Gasteiger partial charge is 0.288 e. The number of ether oxygens (including phenoxy) is 1. The molecule has 5 nitrogen and oxygen atoms in total. The van der Waals surface area contributed by atoms with Crippen LogP contribution in [0.3, 0.4) is 0 Å². The fourth-order valence-electron chi connectivity index (χ4n) is 3.29. The Morgan fingerprint density at radius 1 is 1.00 bits per heavy atom. The van der Waals surface area contributed by atoms with E-state index < -0.39 is 0 Å². The summed E-state index contributed by atoms with van der Waals surface area (Å²) in [5.74, 6) is 0.571. The Labute approximate surface area is 164 Å². The van der Waals surface area contributed by atoms with Crippen molar-refractivity contribution in [3.05, 3.63) is 71.1 Å². The van der Waals surface area contributed by atoms with Crippen LogP contribution >= 0.6 is 12.2 Å². The van der Waals surface area contributed by atoms with Gasteiger partial charge in [-0.05, 0) is 42.8 Å². The van der Waals surface area contributed by atoms with Gasteiger partial charge in [0.1, 0.15) is 0 Å². The topological polar surface area (TPSA) is 43.4 Å². The molecule has 0 aliphatic carbocycles. The van der Waals surface area contributed by atoms with Crippen LogP contribution < -0.4 is 0 Å². The molecule has 140 valence electrons. The fourth-order valence-corrected chi connectivity index (χ4v) is 3.47. The van der Waals surface area contributed by atoms with Crippen molar-refractivity contribution in [3.63, 3.8) is 0 Å². The summed E-state index contributed by atoms with van der Waals surface area (Å²) >= 11 is 5.34. The van der Waals surface area contributed by atoms with Gasteiger partial charge in [-0.25, -0.2) is 4.68 Å². The molecule has 3 aromatic rings. The normalized spacial score (nSPS) is 15.9. The van der Waals surface area contributed by atoms with E-state index in [0.717, 1.165) is 31.5 Å². The molecule has 0 radical (unpaired) electrons. The first kappa shape index (κ1) is 18.1. The molecule has 1 aliphatic heterocycles. The van der Waals surface area contributed by atoms with Crippen molar-refractivity contribution in [2.45, 2.75) is 32.2 Å². The molecule has 1 aromatic heterocycles. The van der Waals surface area contributed by atoms with Gasteiger partial charge in [-0.2, -0.15) is 0 Å². The van der Waals surface area contributed by atoms with Crippen LogP contribution in [0.5, 0.6) is 0 Å². The highest BCUT2D eigenvalue weighted by atomic mass is 32.1. The minimum Gasteiger partial charge on any atom is -0.409 e. The highest BCUT2D eigenvalue weighted by Gasteiger charge is 2.21. The molecule has 2 aromatic carbocycles. The molecule has 0 spiro atoms. The number of hydrogen-bond acceptors (Lipinski definition) is 5. The zero-order chi connectivity index (χ0) is 18.5. The van der Waals surface area contributed by atoms with E-state index in [-0.39, 0.29) is 0 Å². The lowest BCUT2D eigenvalue weighted by Crippen LogP contribution is -2.38. The van der Waals surface area contributed by atoms with Gasteiger partial charge in [-0.3, -0.25) is 4.90 Å². The first-order valence-corrected chi connectivity index (χ1v) is 9.70. The van der Waals surface area contributed by atoms with Crippen LogP contribution in [-0.4, -0.2) is 33.9 Å². The monoisotopic (exact) mass is 381 g/mol. The number of aromatic nitrogens is 2. The highest BCUT2D eigenvalue weighted by Crippen LogP contribution is 2.19. The van der Waals surface area contributed by atoms with Gasteiger partial charge in [-0.15, -0.1) is 5.10 Å². The van der Waals surface area contributed by atoms with E-state index in [2.05, 4.69) is 22.1 Å². The summed E-state index contributed by atoms with van der Waals surface area (Å²) in [7, 11) is 0. The maximum absolute atomic E-state index is 6.07. The number of benzene rings is 2. The zero-order valence-electron chi connectivity index (χ0n) is 15.2. The number of likely N-dealkylation sites (tertiary alicyclic amines) is 1. The van der Waals surface area contributed by atoms with Gasteiger partial charge in [0, 0.05) is 18.7 Å². The molecule has 0 atom stereocenters. The molecule has 1 fully saturated rings. The van der Waals surface area contributed by atoms with Crippen molar-refractivity contribution in [1.29, 1.82) is 0 Å². The first-order chi connectivity index (χ1) is 13.3. The average Bonchev–Trinajstić information content (AvgIpc) is 3.09. The van der Waals surface area contributed by atoms with Crippen LogP contribution in [0.15, 0.2) is 65.1 Å². The molecule has 0 N–H and O–H groups in total. The van der Waals surface area contributed by atoms with Gasteiger partial charge in [-0.1, -0.05) is 48.5 Å². The Morgan fingerprint density at radius 3 is 2.37 bits per heavy atom. The molecule has 0 amide bonds. The van der Waals surface area contributed by atoms with Gasteiger partial charge in [0.05, 0.1) is 19.4 Å². The Balaban J connectivity index is 1.29. The molecule has 0 unspecified atom stereocenters. The van der Waals surface area contributed by atoms with E-state index in [0.29, 0.717) is 30.1 Å². The van der Waals surface area contributed by atoms with E-state index >= 15 is 0 Å².